The number of hydrogen-bond acceptors (Lipinski definition) is 3. The lowest BCUT2D eigenvalue weighted by Crippen LogP contribution is -2.45. The van der Waals surface area contributed by atoms with Gasteiger partial charge in [-0.25, -0.2) is 8.78 Å². The molecule has 0 amide bonds. The topological polar surface area (TPSA) is 33.3 Å². The van der Waals surface area contributed by atoms with Crippen LogP contribution in [0.15, 0.2) is 42.5 Å². The summed E-state index contributed by atoms with van der Waals surface area (Å²) in [5.74, 6) is -1.16. The normalized spacial score (nSPS) is 20.8. The predicted octanol–water partition coefficient (Wildman–Crippen LogP) is 3.56. The Labute approximate surface area is 141 Å². The summed E-state index contributed by atoms with van der Waals surface area (Å²) in [6.45, 7) is 1.32. The highest BCUT2D eigenvalue weighted by Crippen LogP contribution is 2.27. The summed E-state index contributed by atoms with van der Waals surface area (Å²) in [5.41, 5.74) is 1.71. The number of rotatable bonds is 5. The van der Waals surface area contributed by atoms with Crippen molar-refractivity contribution < 1.29 is 13.5 Å². The smallest absolute Gasteiger partial charge is 0.168 e. The summed E-state index contributed by atoms with van der Waals surface area (Å²) in [6.07, 6.45) is 2.07. The van der Waals surface area contributed by atoms with Crippen molar-refractivity contribution in [1.29, 1.82) is 0 Å². The number of nitrogens with one attached hydrogen (secondary N) is 2. The van der Waals surface area contributed by atoms with E-state index >= 15 is 0 Å². The zero-order chi connectivity index (χ0) is 16.9. The minimum absolute atomic E-state index is 0.101. The van der Waals surface area contributed by atoms with Gasteiger partial charge in [0.25, 0.3) is 0 Å². The predicted molar refractivity (Wildman–Crippen MR) is 90.0 cm³/mol. The first-order valence-electron chi connectivity index (χ1n) is 8.22. The van der Waals surface area contributed by atoms with Crippen LogP contribution in [0.4, 0.5) is 8.78 Å². The molecule has 0 aromatic heterocycles. The fourth-order valence-corrected chi connectivity index (χ4v) is 3.33. The third-order valence-corrected chi connectivity index (χ3v) is 4.46. The molecule has 0 saturated carbocycles. The molecule has 24 heavy (non-hydrogen) atoms. The molecule has 0 spiro atoms. The van der Waals surface area contributed by atoms with Crippen LogP contribution < -0.4 is 15.4 Å². The van der Waals surface area contributed by atoms with E-state index in [0.29, 0.717) is 12.1 Å². The summed E-state index contributed by atoms with van der Waals surface area (Å²) in [7, 11) is 1.40. The Kier molecular flexibility index (Phi) is 5.43. The first-order valence-corrected chi connectivity index (χ1v) is 8.22. The van der Waals surface area contributed by atoms with E-state index < -0.39 is 11.6 Å². The molecule has 2 N–H and O–H groups in total. The van der Waals surface area contributed by atoms with Crippen LogP contribution in [0.1, 0.15) is 30.0 Å². The largest absolute Gasteiger partial charge is 0.493 e. The third-order valence-electron chi connectivity index (χ3n) is 4.46. The average molecular weight is 332 g/mol. The van der Waals surface area contributed by atoms with Crippen molar-refractivity contribution in [3.8, 4) is 5.75 Å². The zero-order valence-electron chi connectivity index (χ0n) is 13.7. The number of piperidine rings is 1. The Bertz CT molecular complexity index is 679. The highest BCUT2D eigenvalue weighted by Gasteiger charge is 2.26. The van der Waals surface area contributed by atoms with Gasteiger partial charge in [0.1, 0.15) is 5.82 Å². The van der Waals surface area contributed by atoms with Crippen LogP contribution >= 0.6 is 0 Å². The summed E-state index contributed by atoms with van der Waals surface area (Å²) >= 11 is 0. The Hall–Kier alpha value is -1.98. The quantitative estimate of drug-likeness (QED) is 0.878. The van der Waals surface area contributed by atoms with Gasteiger partial charge in [-0.3, -0.25) is 0 Å². The monoisotopic (exact) mass is 332 g/mol. The Morgan fingerprint density at radius 1 is 1.21 bits per heavy atom. The molecular formula is C19H22F2N2O. The van der Waals surface area contributed by atoms with Crippen molar-refractivity contribution in [2.45, 2.75) is 31.5 Å². The Morgan fingerprint density at radius 3 is 2.75 bits per heavy atom. The Morgan fingerprint density at radius 2 is 2.00 bits per heavy atom. The van der Waals surface area contributed by atoms with Gasteiger partial charge in [0, 0.05) is 30.3 Å². The van der Waals surface area contributed by atoms with Gasteiger partial charge in [0.2, 0.25) is 0 Å². The molecule has 1 aliphatic heterocycles. The van der Waals surface area contributed by atoms with Crippen molar-refractivity contribution in [2.24, 2.45) is 0 Å². The molecule has 3 rings (SSSR count). The molecule has 1 aliphatic rings. The Balaban J connectivity index is 1.75. The van der Waals surface area contributed by atoms with E-state index in [1.54, 1.807) is 0 Å². The number of ether oxygens (including phenoxy) is 1. The molecule has 128 valence electrons. The molecule has 2 atom stereocenters. The van der Waals surface area contributed by atoms with Gasteiger partial charge in [-0.15, -0.1) is 0 Å². The van der Waals surface area contributed by atoms with Crippen molar-refractivity contribution in [3.05, 3.63) is 65.2 Å². The molecule has 2 aromatic carbocycles. The maximum atomic E-state index is 13.8. The summed E-state index contributed by atoms with van der Waals surface area (Å²) < 4.78 is 32.4. The van der Waals surface area contributed by atoms with E-state index in [0.717, 1.165) is 25.5 Å². The van der Waals surface area contributed by atoms with Crippen LogP contribution in [0.5, 0.6) is 5.75 Å². The van der Waals surface area contributed by atoms with Crippen LogP contribution in [0.25, 0.3) is 0 Å². The molecule has 0 unspecified atom stereocenters. The van der Waals surface area contributed by atoms with Gasteiger partial charge in [-0.1, -0.05) is 30.3 Å². The highest BCUT2D eigenvalue weighted by atomic mass is 19.1. The highest BCUT2D eigenvalue weighted by molar-refractivity contribution is 5.35. The number of halogens is 2. The van der Waals surface area contributed by atoms with Crippen molar-refractivity contribution in [1.82, 2.24) is 10.6 Å². The standard InChI is InChI=1S/C19H22F2N2O/c1-24-19-14(10-15(20)11-16(19)21)12-23-17-8-5-9-22-18(17)13-6-3-2-4-7-13/h2-4,6-7,10-11,17-18,22-23H,5,8-9,12H2,1H3/t17-,18-/m1/s1. The van der Waals surface area contributed by atoms with Crippen LogP contribution in [0.2, 0.25) is 0 Å². The van der Waals surface area contributed by atoms with E-state index in [2.05, 4.69) is 22.8 Å². The van der Waals surface area contributed by atoms with Crippen molar-refractivity contribution in [3.63, 3.8) is 0 Å². The molecule has 0 aliphatic carbocycles. The molecule has 5 heteroatoms. The fourth-order valence-electron chi connectivity index (χ4n) is 3.33. The van der Waals surface area contributed by atoms with Gasteiger partial charge in [-0.05, 0) is 31.0 Å². The SMILES string of the molecule is COc1c(F)cc(F)cc1CN[C@@H]1CCCN[C@@H]1c1ccccc1. The molecule has 0 bridgehead atoms. The number of methoxy groups -OCH3 is 1. The minimum atomic E-state index is -0.671. The second kappa shape index (κ2) is 7.73. The van der Waals surface area contributed by atoms with Crippen LogP contribution in [0.3, 0.4) is 0 Å². The maximum Gasteiger partial charge on any atom is 0.168 e. The van der Waals surface area contributed by atoms with E-state index in [-0.39, 0.29) is 17.8 Å². The summed E-state index contributed by atoms with van der Waals surface area (Å²) in [4.78, 5) is 0. The van der Waals surface area contributed by atoms with Gasteiger partial charge in [-0.2, -0.15) is 0 Å². The molecule has 0 radical (unpaired) electrons. The first kappa shape index (κ1) is 16.9. The molecular weight excluding hydrogens is 310 g/mol. The average Bonchev–Trinajstić information content (AvgIpc) is 2.60. The summed E-state index contributed by atoms with van der Waals surface area (Å²) in [6, 6.07) is 12.8. The van der Waals surface area contributed by atoms with Crippen LogP contribution in [-0.2, 0) is 6.54 Å². The number of benzene rings is 2. The maximum absolute atomic E-state index is 13.8. The van der Waals surface area contributed by atoms with E-state index in [4.69, 9.17) is 4.74 Å². The van der Waals surface area contributed by atoms with E-state index in [9.17, 15) is 8.78 Å². The molecule has 2 aromatic rings. The second-order valence-corrected chi connectivity index (χ2v) is 6.05. The lowest BCUT2D eigenvalue weighted by molar-refractivity contribution is 0.301. The zero-order valence-corrected chi connectivity index (χ0v) is 13.7. The summed E-state index contributed by atoms with van der Waals surface area (Å²) in [5, 5.41) is 6.97. The molecule has 1 fully saturated rings. The molecule has 1 heterocycles. The van der Waals surface area contributed by atoms with Crippen molar-refractivity contribution >= 4 is 0 Å². The van der Waals surface area contributed by atoms with Crippen LogP contribution in [0, 0.1) is 11.6 Å². The fraction of sp³-hybridized carbons (Fsp3) is 0.368. The van der Waals surface area contributed by atoms with E-state index in [1.165, 1.54) is 18.7 Å². The first-order chi connectivity index (χ1) is 11.7. The third kappa shape index (κ3) is 3.74. The lowest BCUT2D eigenvalue weighted by Gasteiger charge is -2.34. The van der Waals surface area contributed by atoms with E-state index in [1.807, 2.05) is 18.2 Å². The molecule has 1 saturated heterocycles. The number of hydrogen-bond donors (Lipinski definition) is 2. The van der Waals surface area contributed by atoms with Crippen molar-refractivity contribution in [2.75, 3.05) is 13.7 Å². The van der Waals surface area contributed by atoms with Gasteiger partial charge in [0.05, 0.1) is 7.11 Å². The second-order valence-electron chi connectivity index (χ2n) is 6.05. The van der Waals surface area contributed by atoms with Gasteiger partial charge < -0.3 is 15.4 Å². The lowest BCUT2D eigenvalue weighted by atomic mass is 9.92. The van der Waals surface area contributed by atoms with Gasteiger partial charge in [0.15, 0.2) is 11.6 Å². The van der Waals surface area contributed by atoms with Crippen LogP contribution in [-0.4, -0.2) is 19.7 Å². The minimum Gasteiger partial charge on any atom is -0.493 e. The van der Waals surface area contributed by atoms with Gasteiger partial charge >= 0.3 is 0 Å². The molecule has 3 nitrogen and oxygen atoms in total.